The number of alkyl halides is 1. The lowest BCUT2D eigenvalue weighted by atomic mass is 10.2. The lowest BCUT2D eigenvalue weighted by molar-refractivity contribution is 0.607. The normalized spacial score (nSPS) is 12.9. The zero-order valence-electron chi connectivity index (χ0n) is 10.00. The standard InChI is InChI=1S/C11H14Cl2N2O2S/c1-7(12)8(2)14-11-6-9(4-5-10(11)13)15-18(3,16)17/h4-7,14-15H,2H2,1,3H3. The molecular weight excluding hydrogens is 295 g/mol. The number of anilines is 2. The van der Waals surface area contributed by atoms with E-state index in [0.717, 1.165) is 6.26 Å². The maximum Gasteiger partial charge on any atom is 0.229 e. The minimum atomic E-state index is -3.32. The van der Waals surface area contributed by atoms with Crippen molar-refractivity contribution in [1.82, 2.24) is 0 Å². The highest BCUT2D eigenvalue weighted by atomic mass is 35.5. The molecule has 2 N–H and O–H groups in total. The Morgan fingerprint density at radius 2 is 2.06 bits per heavy atom. The van der Waals surface area contributed by atoms with Crippen molar-refractivity contribution in [3.05, 3.63) is 35.5 Å². The van der Waals surface area contributed by atoms with Crippen LogP contribution in [0.5, 0.6) is 0 Å². The summed E-state index contributed by atoms with van der Waals surface area (Å²) in [7, 11) is -3.32. The summed E-state index contributed by atoms with van der Waals surface area (Å²) >= 11 is 11.9. The van der Waals surface area contributed by atoms with Gasteiger partial charge in [-0.2, -0.15) is 0 Å². The van der Waals surface area contributed by atoms with Crippen LogP contribution in [0.15, 0.2) is 30.5 Å². The second-order valence-corrected chi connectivity index (χ2v) is 6.65. The van der Waals surface area contributed by atoms with Crippen molar-refractivity contribution in [2.75, 3.05) is 16.3 Å². The van der Waals surface area contributed by atoms with Gasteiger partial charge in [0.2, 0.25) is 10.0 Å². The van der Waals surface area contributed by atoms with E-state index in [0.29, 0.717) is 22.1 Å². The van der Waals surface area contributed by atoms with Crippen LogP contribution in [-0.2, 0) is 10.0 Å². The number of benzene rings is 1. The molecule has 0 fully saturated rings. The van der Waals surface area contributed by atoms with Gasteiger partial charge in [-0.1, -0.05) is 18.2 Å². The monoisotopic (exact) mass is 308 g/mol. The highest BCUT2D eigenvalue weighted by Gasteiger charge is 2.08. The molecule has 1 unspecified atom stereocenters. The van der Waals surface area contributed by atoms with Crippen molar-refractivity contribution in [1.29, 1.82) is 0 Å². The fourth-order valence-electron chi connectivity index (χ4n) is 1.17. The number of nitrogens with one attached hydrogen (secondary N) is 2. The van der Waals surface area contributed by atoms with Crippen LogP contribution < -0.4 is 10.0 Å². The Bertz CT molecular complexity index is 556. The third kappa shape index (κ3) is 4.76. The van der Waals surface area contributed by atoms with Crippen LogP contribution in [0.1, 0.15) is 6.92 Å². The van der Waals surface area contributed by atoms with E-state index in [4.69, 9.17) is 23.2 Å². The van der Waals surface area contributed by atoms with Crippen LogP contribution in [0.2, 0.25) is 5.02 Å². The zero-order valence-corrected chi connectivity index (χ0v) is 12.3. The Balaban J connectivity index is 2.98. The second kappa shape index (κ2) is 5.82. The van der Waals surface area contributed by atoms with Gasteiger partial charge in [0.05, 0.1) is 28.0 Å². The van der Waals surface area contributed by atoms with Crippen molar-refractivity contribution < 1.29 is 8.42 Å². The van der Waals surface area contributed by atoms with Crippen LogP contribution in [0.4, 0.5) is 11.4 Å². The number of hydrogen-bond donors (Lipinski definition) is 2. The highest BCUT2D eigenvalue weighted by molar-refractivity contribution is 7.92. The molecule has 4 nitrogen and oxygen atoms in total. The molecule has 0 aliphatic heterocycles. The summed E-state index contributed by atoms with van der Waals surface area (Å²) in [5.41, 5.74) is 1.54. The number of halogens is 2. The molecule has 1 aromatic carbocycles. The topological polar surface area (TPSA) is 58.2 Å². The van der Waals surface area contributed by atoms with E-state index in [9.17, 15) is 8.42 Å². The first-order valence-corrected chi connectivity index (χ1v) is 7.77. The molecule has 7 heteroatoms. The van der Waals surface area contributed by atoms with E-state index < -0.39 is 10.0 Å². The Morgan fingerprint density at radius 3 is 2.56 bits per heavy atom. The molecule has 0 amide bonds. The summed E-state index contributed by atoms with van der Waals surface area (Å²) in [5, 5.41) is 3.12. The molecule has 1 rings (SSSR count). The summed E-state index contributed by atoms with van der Waals surface area (Å²) < 4.78 is 24.6. The van der Waals surface area contributed by atoms with Gasteiger partial charge in [-0.3, -0.25) is 4.72 Å². The SMILES string of the molecule is C=C(Nc1cc(NS(C)(=O)=O)ccc1Cl)C(C)Cl. The van der Waals surface area contributed by atoms with Gasteiger partial charge in [0.15, 0.2) is 0 Å². The summed E-state index contributed by atoms with van der Waals surface area (Å²) in [5.74, 6) is 0. The highest BCUT2D eigenvalue weighted by Crippen LogP contribution is 2.27. The molecule has 0 saturated heterocycles. The minimum Gasteiger partial charge on any atom is -0.357 e. The minimum absolute atomic E-state index is 0.271. The maximum absolute atomic E-state index is 11.1. The third-order valence-corrected chi connectivity index (χ3v) is 3.24. The summed E-state index contributed by atoms with van der Waals surface area (Å²) in [6.45, 7) is 5.52. The molecule has 0 spiro atoms. The van der Waals surface area contributed by atoms with E-state index in [-0.39, 0.29) is 5.38 Å². The van der Waals surface area contributed by atoms with E-state index in [2.05, 4.69) is 16.6 Å². The molecule has 0 aliphatic rings. The van der Waals surface area contributed by atoms with Gasteiger partial charge in [-0.25, -0.2) is 8.42 Å². The smallest absolute Gasteiger partial charge is 0.229 e. The fraction of sp³-hybridized carbons (Fsp3) is 0.273. The van der Waals surface area contributed by atoms with Crippen molar-refractivity contribution in [3.8, 4) is 0 Å². The molecular formula is C11H14Cl2N2O2S. The Kier molecular flexibility index (Phi) is 4.90. The number of allylic oxidation sites excluding steroid dienone is 1. The van der Waals surface area contributed by atoms with E-state index in [1.54, 1.807) is 25.1 Å². The molecule has 100 valence electrons. The molecule has 0 aromatic heterocycles. The first-order chi connectivity index (χ1) is 8.19. The molecule has 18 heavy (non-hydrogen) atoms. The van der Waals surface area contributed by atoms with Crippen molar-refractivity contribution in [2.24, 2.45) is 0 Å². The number of rotatable bonds is 5. The van der Waals surface area contributed by atoms with Crippen LogP contribution in [-0.4, -0.2) is 20.1 Å². The molecule has 0 bridgehead atoms. The predicted molar refractivity (Wildman–Crippen MR) is 78.0 cm³/mol. The van der Waals surface area contributed by atoms with Crippen LogP contribution in [0, 0.1) is 0 Å². The molecule has 0 saturated carbocycles. The second-order valence-electron chi connectivity index (χ2n) is 3.84. The van der Waals surface area contributed by atoms with Crippen molar-refractivity contribution in [3.63, 3.8) is 0 Å². The largest absolute Gasteiger partial charge is 0.357 e. The van der Waals surface area contributed by atoms with Crippen molar-refractivity contribution in [2.45, 2.75) is 12.3 Å². The van der Waals surface area contributed by atoms with Gasteiger partial charge in [-0.15, -0.1) is 11.6 Å². The van der Waals surface area contributed by atoms with Gasteiger partial charge in [0, 0.05) is 5.70 Å². The third-order valence-electron chi connectivity index (χ3n) is 2.05. The van der Waals surface area contributed by atoms with Crippen LogP contribution in [0.25, 0.3) is 0 Å². The van der Waals surface area contributed by atoms with Crippen molar-refractivity contribution >= 4 is 44.6 Å². The Labute approximate surface area is 117 Å². The summed E-state index contributed by atoms with van der Waals surface area (Å²) in [4.78, 5) is 0. The van der Waals surface area contributed by atoms with E-state index in [1.807, 2.05) is 0 Å². The van der Waals surface area contributed by atoms with E-state index in [1.165, 1.54) is 0 Å². The molecule has 0 heterocycles. The molecule has 1 aromatic rings. The van der Waals surface area contributed by atoms with Gasteiger partial charge >= 0.3 is 0 Å². The zero-order chi connectivity index (χ0) is 13.9. The average Bonchev–Trinajstić information content (AvgIpc) is 2.20. The predicted octanol–water partition coefficient (Wildman–Crippen LogP) is 3.26. The lowest BCUT2D eigenvalue weighted by Gasteiger charge is -2.14. The van der Waals surface area contributed by atoms with E-state index >= 15 is 0 Å². The lowest BCUT2D eigenvalue weighted by Crippen LogP contribution is -2.11. The average molecular weight is 309 g/mol. The first kappa shape index (κ1) is 15.1. The first-order valence-electron chi connectivity index (χ1n) is 5.06. The van der Waals surface area contributed by atoms with Gasteiger partial charge in [0.25, 0.3) is 0 Å². The summed E-state index contributed by atoms with van der Waals surface area (Å²) in [6.07, 6.45) is 1.08. The molecule has 1 atom stereocenters. The van der Waals surface area contributed by atoms with Gasteiger partial charge in [0.1, 0.15) is 0 Å². The van der Waals surface area contributed by atoms with Crippen LogP contribution >= 0.6 is 23.2 Å². The molecule has 0 aliphatic carbocycles. The van der Waals surface area contributed by atoms with Crippen LogP contribution in [0.3, 0.4) is 0 Å². The number of sulfonamides is 1. The Morgan fingerprint density at radius 1 is 1.44 bits per heavy atom. The Hall–Kier alpha value is -0.910. The van der Waals surface area contributed by atoms with Gasteiger partial charge in [-0.05, 0) is 25.1 Å². The quantitative estimate of drug-likeness (QED) is 0.821. The fourth-order valence-corrected chi connectivity index (χ4v) is 1.95. The van der Waals surface area contributed by atoms with Gasteiger partial charge < -0.3 is 5.32 Å². The summed E-state index contributed by atoms with van der Waals surface area (Å²) in [6, 6.07) is 4.73. The molecule has 0 radical (unpaired) electrons. The number of hydrogen-bond acceptors (Lipinski definition) is 3. The maximum atomic E-state index is 11.1.